The summed E-state index contributed by atoms with van der Waals surface area (Å²) in [6, 6.07) is 0. The molecule has 4 atom stereocenters. The van der Waals surface area contributed by atoms with E-state index in [0.717, 1.165) is 19.3 Å². The fourth-order valence-corrected chi connectivity index (χ4v) is 4.48. The van der Waals surface area contributed by atoms with Crippen molar-refractivity contribution in [2.75, 3.05) is 13.7 Å². The zero-order valence-corrected chi connectivity index (χ0v) is 12.6. The smallest absolute Gasteiger partial charge is 0.315 e. The number of fused-ring (bicyclic) bond motifs is 3. The molecule has 1 saturated carbocycles. The van der Waals surface area contributed by atoms with Crippen LogP contribution < -0.4 is 0 Å². The molecule has 1 heterocycles. The maximum atomic E-state index is 12.1. The van der Waals surface area contributed by atoms with E-state index in [2.05, 4.69) is 13.8 Å². The van der Waals surface area contributed by atoms with Gasteiger partial charge in [0, 0.05) is 7.11 Å². The van der Waals surface area contributed by atoms with Crippen LogP contribution in [0, 0.1) is 11.3 Å². The van der Waals surface area contributed by atoms with Crippen molar-refractivity contribution in [2.45, 2.75) is 57.7 Å². The molecule has 2 fully saturated rings. The Balaban J connectivity index is 2.03. The lowest BCUT2D eigenvalue weighted by molar-refractivity contribution is -0.144. The van der Waals surface area contributed by atoms with Gasteiger partial charge in [0.05, 0.1) is 6.61 Å². The molecule has 0 aromatic rings. The summed E-state index contributed by atoms with van der Waals surface area (Å²) < 4.78 is 10.7. The Morgan fingerprint density at radius 3 is 2.85 bits per heavy atom. The Morgan fingerprint density at radius 1 is 1.40 bits per heavy atom. The fourth-order valence-electron chi connectivity index (χ4n) is 4.48. The van der Waals surface area contributed by atoms with E-state index in [1.54, 1.807) is 7.11 Å². The van der Waals surface area contributed by atoms with Crippen LogP contribution in [0.3, 0.4) is 0 Å². The van der Waals surface area contributed by atoms with Crippen molar-refractivity contribution >= 4 is 5.97 Å². The first kappa shape index (κ1) is 14.1. The van der Waals surface area contributed by atoms with Crippen molar-refractivity contribution < 1.29 is 19.4 Å². The molecule has 20 heavy (non-hydrogen) atoms. The Kier molecular flexibility index (Phi) is 3.22. The van der Waals surface area contributed by atoms with E-state index in [-0.39, 0.29) is 18.0 Å². The minimum atomic E-state index is -1.08. The van der Waals surface area contributed by atoms with Crippen LogP contribution in [0.1, 0.15) is 46.0 Å². The predicted molar refractivity (Wildman–Crippen MR) is 74.1 cm³/mol. The molecule has 4 heteroatoms. The first-order valence-electron chi connectivity index (χ1n) is 7.54. The van der Waals surface area contributed by atoms with Crippen LogP contribution >= 0.6 is 0 Å². The lowest BCUT2D eigenvalue weighted by atomic mass is 9.58. The van der Waals surface area contributed by atoms with Crippen LogP contribution in [0.5, 0.6) is 0 Å². The van der Waals surface area contributed by atoms with Gasteiger partial charge in [-0.05, 0) is 50.0 Å². The molecule has 0 aromatic carbocycles. The number of hydrogen-bond acceptors (Lipinski definition) is 4. The Bertz CT molecular complexity index is 469. The monoisotopic (exact) mass is 280 g/mol. The highest BCUT2D eigenvalue weighted by Gasteiger charge is 2.63. The number of aliphatic hydroxyl groups is 1. The number of hydrogen-bond donors (Lipinski definition) is 1. The standard InChI is InChI=1S/C16H24O4/c1-10-5-4-6-15(2)7-8-16(18)11(9-19-3)14(17)20-13(16)12(10)15/h11,13,18H,4-9H2,1-3H3/t11-,13-,15+,16+/m0/s1. The lowest BCUT2D eigenvalue weighted by Crippen LogP contribution is -2.54. The number of methoxy groups -OCH3 is 1. The Morgan fingerprint density at radius 2 is 2.15 bits per heavy atom. The highest BCUT2D eigenvalue weighted by molar-refractivity contribution is 5.78. The van der Waals surface area contributed by atoms with Crippen molar-refractivity contribution in [2.24, 2.45) is 11.3 Å². The summed E-state index contributed by atoms with van der Waals surface area (Å²) in [5, 5.41) is 11.1. The molecule has 0 aromatic heterocycles. The average Bonchev–Trinajstić information content (AvgIpc) is 2.63. The number of carbonyl (C=O) groups excluding carboxylic acids is 1. The van der Waals surface area contributed by atoms with E-state index in [1.165, 1.54) is 17.6 Å². The summed E-state index contributed by atoms with van der Waals surface area (Å²) in [7, 11) is 1.56. The second kappa shape index (κ2) is 4.57. The molecule has 1 saturated heterocycles. The van der Waals surface area contributed by atoms with Gasteiger partial charge in [0.2, 0.25) is 0 Å². The molecule has 0 unspecified atom stereocenters. The van der Waals surface area contributed by atoms with E-state index in [0.29, 0.717) is 6.42 Å². The first-order chi connectivity index (χ1) is 9.42. The number of ether oxygens (including phenoxy) is 2. The normalized spacial score (nSPS) is 44.1. The molecule has 112 valence electrons. The maximum absolute atomic E-state index is 12.1. The van der Waals surface area contributed by atoms with Gasteiger partial charge in [-0.25, -0.2) is 0 Å². The number of esters is 1. The minimum absolute atomic E-state index is 0.0848. The van der Waals surface area contributed by atoms with E-state index in [4.69, 9.17) is 9.47 Å². The van der Waals surface area contributed by atoms with Gasteiger partial charge in [-0.15, -0.1) is 0 Å². The molecule has 0 radical (unpaired) electrons. The Hall–Kier alpha value is -0.870. The van der Waals surface area contributed by atoms with Gasteiger partial charge in [-0.3, -0.25) is 4.79 Å². The molecule has 1 aliphatic heterocycles. The van der Waals surface area contributed by atoms with Crippen molar-refractivity contribution in [3.05, 3.63) is 11.1 Å². The van der Waals surface area contributed by atoms with Crippen molar-refractivity contribution in [1.82, 2.24) is 0 Å². The van der Waals surface area contributed by atoms with Crippen LogP contribution in [0.25, 0.3) is 0 Å². The van der Waals surface area contributed by atoms with E-state index in [1.807, 2.05) is 0 Å². The zero-order chi connectivity index (χ0) is 14.5. The summed E-state index contributed by atoms with van der Waals surface area (Å²) >= 11 is 0. The highest BCUT2D eigenvalue weighted by Crippen LogP contribution is 2.57. The summed E-state index contributed by atoms with van der Waals surface area (Å²) in [6.45, 7) is 4.60. The molecule has 3 rings (SSSR count). The third kappa shape index (κ3) is 1.77. The third-order valence-corrected chi connectivity index (χ3v) is 5.64. The summed E-state index contributed by atoms with van der Waals surface area (Å²) in [6.07, 6.45) is 4.43. The molecule has 1 N–H and O–H groups in total. The van der Waals surface area contributed by atoms with Crippen molar-refractivity contribution in [3.63, 3.8) is 0 Å². The SMILES string of the molecule is COC[C@H]1C(=O)O[C@H]2C3=C(C)CCC[C@]3(C)CC[C@@]12O. The van der Waals surface area contributed by atoms with Gasteiger partial charge in [0.25, 0.3) is 0 Å². The number of carbonyl (C=O) groups is 1. The maximum Gasteiger partial charge on any atom is 0.315 e. The molecule has 0 amide bonds. The quantitative estimate of drug-likeness (QED) is 0.622. The van der Waals surface area contributed by atoms with Gasteiger partial charge in [-0.1, -0.05) is 12.5 Å². The number of rotatable bonds is 2. The highest BCUT2D eigenvalue weighted by atomic mass is 16.6. The summed E-state index contributed by atoms with van der Waals surface area (Å²) in [5.41, 5.74) is 1.49. The second-order valence-electron chi connectivity index (χ2n) is 6.92. The van der Waals surface area contributed by atoms with E-state index in [9.17, 15) is 9.90 Å². The summed E-state index contributed by atoms with van der Waals surface area (Å²) in [5.74, 6) is -0.862. The minimum Gasteiger partial charge on any atom is -0.454 e. The van der Waals surface area contributed by atoms with E-state index < -0.39 is 17.6 Å². The zero-order valence-electron chi connectivity index (χ0n) is 12.6. The topological polar surface area (TPSA) is 55.8 Å². The van der Waals surface area contributed by atoms with Gasteiger partial charge in [0.15, 0.2) is 6.10 Å². The molecule has 3 aliphatic rings. The van der Waals surface area contributed by atoms with Gasteiger partial charge in [0.1, 0.15) is 11.5 Å². The van der Waals surface area contributed by atoms with E-state index >= 15 is 0 Å². The molecular formula is C16H24O4. The Labute approximate surface area is 120 Å². The third-order valence-electron chi connectivity index (χ3n) is 5.64. The largest absolute Gasteiger partial charge is 0.454 e. The molecule has 0 bridgehead atoms. The van der Waals surface area contributed by atoms with Crippen LogP contribution in [-0.2, 0) is 14.3 Å². The van der Waals surface area contributed by atoms with Crippen LogP contribution in [0.15, 0.2) is 11.1 Å². The number of allylic oxidation sites excluding steroid dienone is 1. The van der Waals surface area contributed by atoms with Crippen LogP contribution in [0.4, 0.5) is 0 Å². The molecule has 0 spiro atoms. The lowest BCUT2D eigenvalue weighted by Gasteiger charge is -2.49. The predicted octanol–water partition coefficient (Wildman–Crippen LogP) is 2.21. The van der Waals surface area contributed by atoms with Crippen LogP contribution in [0.2, 0.25) is 0 Å². The van der Waals surface area contributed by atoms with Gasteiger partial charge >= 0.3 is 5.97 Å². The van der Waals surface area contributed by atoms with Gasteiger partial charge < -0.3 is 14.6 Å². The molecule has 4 nitrogen and oxygen atoms in total. The molecule has 2 aliphatic carbocycles. The van der Waals surface area contributed by atoms with Crippen LogP contribution in [-0.4, -0.2) is 36.5 Å². The average molecular weight is 280 g/mol. The van der Waals surface area contributed by atoms with Crippen molar-refractivity contribution in [3.8, 4) is 0 Å². The molecular weight excluding hydrogens is 256 g/mol. The fraction of sp³-hybridized carbons (Fsp3) is 0.812. The first-order valence-corrected chi connectivity index (χ1v) is 7.54. The van der Waals surface area contributed by atoms with Crippen molar-refractivity contribution in [1.29, 1.82) is 0 Å². The second-order valence-corrected chi connectivity index (χ2v) is 6.92. The van der Waals surface area contributed by atoms with Gasteiger partial charge in [-0.2, -0.15) is 0 Å². The summed E-state index contributed by atoms with van der Waals surface area (Å²) in [4.78, 5) is 12.1.